The van der Waals surface area contributed by atoms with Crippen LogP contribution in [0, 0.1) is 6.92 Å². The molecule has 0 aliphatic rings. The van der Waals surface area contributed by atoms with Crippen LogP contribution in [0.5, 0.6) is 0 Å². The molecule has 1 atom stereocenters. The quantitative estimate of drug-likeness (QED) is 0.753. The van der Waals surface area contributed by atoms with Gasteiger partial charge in [0, 0.05) is 17.8 Å². The maximum absolute atomic E-state index is 5.90. The minimum atomic E-state index is 0.103. The first-order chi connectivity index (χ1) is 6.08. The average molecular weight is 196 g/mol. The van der Waals surface area contributed by atoms with E-state index in [1.54, 1.807) is 11.3 Å². The van der Waals surface area contributed by atoms with Crippen LogP contribution in [0.2, 0.25) is 0 Å². The highest BCUT2D eigenvalue weighted by Crippen LogP contribution is 2.10. The van der Waals surface area contributed by atoms with Crippen LogP contribution in [0.1, 0.15) is 24.5 Å². The summed E-state index contributed by atoms with van der Waals surface area (Å²) in [6.45, 7) is 6.14. The first kappa shape index (κ1) is 10.4. The van der Waals surface area contributed by atoms with Crippen molar-refractivity contribution in [2.24, 2.45) is 5.73 Å². The van der Waals surface area contributed by atoms with Crippen LogP contribution in [0.4, 0.5) is 0 Å². The van der Waals surface area contributed by atoms with Gasteiger partial charge in [0.15, 0.2) is 0 Å². The zero-order valence-electron chi connectivity index (χ0n) is 8.37. The number of nitrogens with two attached hydrogens (primary N) is 1. The van der Waals surface area contributed by atoms with E-state index in [-0.39, 0.29) is 6.04 Å². The summed E-state index contributed by atoms with van der Waals surface area (Å²) in [5.41, 5.74) is 8.27. The topological polar surface area (TPSA) is 38.9 Å². The van der Waals surface area contributed by atoms with Crippen molar-refractivity contribution < 1.29 is 0 Å². The lowest BCUT2D eigenvalue weighted by Gasteiger charge is -2.04. The number of allylic oxidation sites excluding steroid dienone is 1. The zero-order chi connectivity index (χ0) is 9.84. The summed E-state index contributed by atoms with van der Waals surface area (Å²) in [4.78, 5) is 4.37. The van der Waals surface area contributed by atoms with Crippen molar-refractivity contribution in [3.05, 3.63) is 27.7 Å². The van der Waals surface area contributed by atoms with Crippen molar-refractivity contribution in [3.8, 4) is 0 Å². The van der Waals surface area contributed by atoms with Crippen LogP contribution in [-0.2, 0) is 6.42 Å². The molecule has 0 aliphatic heterocycles. The summed E-state index contributed by atoms with van der Waals surface area (Å²) in [7, 11) is 0. The van der Waals surface area contributed by atoms with Crippen LogP contribution >= 0.6 is 11.3 Å². The third-order valence-corrected chi connectivity index (χ3v) is 2.48. The van der Waals surface area contributed by atoms with E-state index >= 15 is 0 Å². The molecule has 3 heteroatoms. The second kappa shape index (κ2) is 4.53. The van der Waals surface area contributed by atoms with E-state index in [0.29, 0.717) is 0 Å². The molecule has 2 nitrogen and oxygen atoms in total. The zero-order valence-corrected chi connectivity index (χ0v) is 9.19. The molecule has 0 aliphatic carbocycles. The van der Waals surface area contributed by atoms with Gasteiger partial charge in [-0.15, -0.1) is 11.3 Å². The van der Waals surface area contributed by atoms with Crippen molar-refractivity contribution in [1.82, 2.24) is 4.98 Å². The van der Waals surface area contributed by atoms with Crippen molar-refractivity contribution in [2.45, 2.75) is 33.2 Å². The molecule has 0 bridgehead atoms. The molecule has 0 spiro atoms. The number of hydrogen-bond donors (Lipinski definition) is 1. The number of thiazole rings is 1. The molecule has 0 aromatic carbocycles. The fraction of sp³-hybridized carbons (Fsp3) is 0.500. The predicted octanol–water partition coefficient (Wildman–Crippen LogP) is 2.29. The molecule has 0 radical (unpaired) electrons. The highest BCUT2D eigenvalue weighted by molar-refractivity contribution is 7.09. The summed E-state index contributed by atoms with van der Waals surface area (Å²) in [6.07, 6.45) is 2.92. The van der Waals surface area contributed by atoms with Gasteiger partial charge in [-0.3, -0.25) is 0 Å². The fourth-order valence-electron chi connectivity index (χ4n) is 1.23. The second-order valence-electron chi connectivity index (χ2n) is 3.47. The minimum Gasteiger partial charge on any atom is -0.324 e. The highest BCUT2D eigenvalue weighted by Gasteiger charge is 2.03. The molecule has 0 saturated carbocycles. The molecular formula is C10H16N2S. The molecule has 2 N–H and O–H groups in total. The molecule has 72 valence electrons. The summed E-state index contributed by atoms with van der Waals surface area (Å²) >= 11 is 1.68. The average Bonchev–Trinajstić information content (AvgIpc) is 2.33. The van der Waals surface area contributed by atoms with Crippen LogP contribution in [0.25, 0.3) is 0 Å². The molecule has 0 fully saturated rings. The highest BCUT2D eigenvalue weighted by atomic mass is 32.1. The number of nitrogens with zero attached hydrogens (tertiary/aromatic N) is 1. The van der Waals surface area contributed by atoms with Gasteiger partial charge in [0.1, 0.15) is 0 Å². The Bertz CT molecular complexity index is 298. The lowest BCUT2D eigenvalue weighted by atomic mass is 10.1. The van der Waals surface area contributed by atoms with Crippen molar-refractivity contribution in [2.75, 3.05) is 0 Å². The smallest absolute Gasteiger partial charge is 0.0897 e. The van der Waals surface area contributed by atoms with Crippen molar-refractivity contribution in [1.29, 1.82) is 0 Å². The maximum atomic E-state index is 5.90. The molecule has 13 heavy (non-hydrogen) atoms. The van der Waals surface area contributed by atoms with E-state index in [9.17, 15) is 0 Å². The van der Waals surface area contributed by atoms with E-state index < -0.39 is 0 Å². The summed E-state index contributed by atoms with van der Waals surface area (Å²) in [6, 6.07) is 0.103. The molecular weight excluding hydrogens is 180 g/mol. The van der Waals surface area contributed by atoms with E-state index in [2.05, 4.69) is 30.3 Å². The molecule has 1 aromatic heterocycles. The first-order valence-corrected chi connectivity index (χ1v) is 5.27. The number of hydrogen-bond acceptors (Lipinski definition) is 3. The Morgan fingerprint density at radius 1 is 1.69 bits per heavy atom. The SMILES string of the molecule is CC(C)=CC(N)Cc1csc(C)n1. The third kappa shape index (κ3) is 3.70. The molecule has 0 saturated heterocycles. The van der Waals surface area contributed by atoms with E-state index in [0.717, 1.165) is 17.1 Å². The Balaban J connectivity index is 2.54. The maximum Gasteiger partial charge on any atom is 0.0897 e. The normalized spacial score (nSPS) is 12.6. The van der Waals surface area contributed by atoms with Crippen LogP contribution in [0.3, 0.4) is 0 Å². The molecule has 1 unspecified atom stereocenters. The Hall–Kier alpha value is -0.670. The molecule has 1 rings (SSSR count). The number of rotatable bonds is 3. The summed E-state index contributed by atoms with van der Waals surface area (Å²) in [5.74, 6) is 0. The minimum absolute atomic E-state index is 0.103. The largest absolute Gasteiger partial charge is 0.324 e. The van der Waals surface area contributed by atoms with Crippen LogP contribution in [0.15, 0.2) is 17.0 Å². The van der Waals surface area contributed by atoms with Gasteiger partial charge in [0.25, 0.3) is 0 Å². The van der Waals surface area contributed by atoms with Gasteiger partial charge in [-0.25, -0.2) is 4.98 Å². The Labute approximate surface area is 83.5 Å². The van der Waals surface area contributed by atoms with E-state index in [1.807, 2.05) is 6.92 Å². The Kier molecular flexibility index (Phi) is 3.63. The van der Waals surface area contributed by atoms with Gasteiger partial charge in [-0.1, -0.05) is 11.6 Å². The second-order valence-corrected chi connectivity index (χ2v) is 4.53. The lowest BCUT2D eigenvalue weighted by Crippen LogP contribution is -2.20. The monoisotopic (exact) mass is 196 g/mol. The van der Waals surface area contributed by atoms with E-state index in [4.69, 9.17) is 5.73 Å². The third-order valence-electron chi connectivity index (χ3n) is 1.66. The van der Waals surface area contributed by atoms with Gasteiger partial charge in [-0.2, -0.15) is 0 Å². The summed E-state index contributed by atoms with van der Waals surface area (Å²) in [5, 5.41) is 3.19. The molecule has 0 amide bonds. The van der Waals surface area contributed by atoms with E-state index in [1.165, 1.54) is 5.57 Å². The van der Waals surface area contributed by atoms with Gasteiger partial charge in [0.05, 0.1) is 10.7 Å². The Morgan fingerprint density at radius 3 is 2.85 bits per heavy atom. The predicted molar refractivity (Wildman–Crippen MR) is 58.0 cm³/mol. The van der Waals surface area contributed by atoms with Gasteiger partial charge >= 0.3 is 0 Å². The lowest BCUT2D eigenvalue weighted by molar-refractivity contribution is 0.785. The van der Waals surface area contributed by atoms with Crippen molar-refractivity contribution in [3.63, 3.8) is 0 Å². The number of aromatic nitrogens is 1. The van der Waals surface area contributed by atoms with Gasteiger partial charge < -0.3 is 5.73 Å². The number of aryl methyl sites for hydroxylation is 1. The first-order valence-electron chi connectivity index (χ1n) is 4.39. The van der Waals surface area contributed by atoms with Crippen molar-refractivity contribution >= 4 is 11.3 Å². The Morgan fingerprint density at radius 2 is 2.38 bits per heavy atom. The molecule has 1 heterocycles. The fourth-order valence-corrected chi connectivity index (χ4v) is 1.86. The van der Waals surface area contributed by atoms with Gasteiger partial charge in [0.2, 0.25) is 0 Å². The van der Waals surface area contributed by atoms with Crippen LogP contribution < -0.4 is 5.73 Å². The van der Waals surface area contributed by atoms with Crippen LogP contribution in [-0.4, -0.2) is 11.0 Å². The summed E-state index contributed by atoms with van der Waals surface area (Å²) < 4.78 is 0. The van der Waals surface area contributed by atoms with Gasteiger partial charge in [-0.05, 0) is 20.8 Å². The molecule has 1 aromatic rings. The standard InChI is InChI=1S/C10H16N2S/c1-7(2)4-9(11)5-10-6-13-8(3)12-10/h4,6,9H,5,11H2,1-3H3.